The molecule has 0 aliphatic carbocycles. The van der Waals surface area contributed by atoms with Gasteiger partial charge in [0.25, 0.3) is 11.7 Å². The van der Waals surface area contributed by atoms with Crippen molar-refractivity contribution in [2.75, 3.05) is 18.6 Å². The highest BCUT2D eigenvalue weighted by molar-refractivity contribution is 6.51. The Morgan fingerprint density at radius 3 is 2.28 bits per heavy atom. The number of hydrogen-bond donors (Lipinski definition) is 1. The maximum Gasteiger partial charge on any atom is 0.300 e. The van der Waals surface area contributed by atoms with Crippen molar-refractivity contribution in [1.82, 2.24) is 0 Å². The zero-order valence-electron chi connectivity index (χ0n) is 23.2. The monoisotopic (exact) mass is 529 g/mol. The molecule has 7 nitrogen and oxygen atoms in total. The van der Waals surface area contributed by atoms with E-state index in [2.05, 4.69) is 0 Å². The molecule has 1 amide bonds. The van der Waals surface area contributed by atoms with Gasteiger partial charge in [0.15, 0.2) is 0 Å². The summed E-state index contributed by atoms with van der Waals surface area (Å²) in [5, 5.41) is 11.6. The van der Waals surface area contributed by atoms with Crippen molar-refractivity contribution in [3.05, 3.63) is 89.0 Å². The summed E-state index contributed by atoms with van der Waals surface area (Å²) in [6.45, 7) is 10.3. The summed E-state index contributed by atoms with van der Waals surface area (Å²) >= 11 is 0. The van der Waals surface area contributed by atoms with E-state index in [4.69, 9.17) is 14.2 Å². The third kappa shape index (κ3) is 5.62. The minimum atomic E-state index is -0.872. The van der Waals surface area contributed by atoms with E-state index in [1.165, 1.54) is 4.90 Å². The molecule has 0 saturated carbocycles. The summed E-state index contributed by atoms with van der Waals surface area (Å²) < 4.78 is 16.9. The summed E-state index contributed by atoms with van der Waals surface area (Å²) in [6, 6.07) is 18.6. The van der Waals surface area contributed by atoms with Gasteiger partial charge in [-0.15, -0.1) is 0 Å². The van der Waals surface area contributed by atoms with Gasteiger partial charge in [-0.3, -0.25) is 14.5 Å². The van der Waals surface area contributed by atoms with E-state index in [9.17, 15) is 14.7 Å². The predicted molar refractivity (Wildman–Crippen MR) is 152 cm³/mol. The molecule has 1 unspecified atom stereocenters. The van der Waals surface area contributed by atoms with Crippen LogP contribution in [0.25, 0.3) is 5.76 Å². The number of ketones is 1. The molecule has 0 spiro atoms. The van der Waals surface area contributed by atoms with E-state index in [-0.39, 0.29) is 23.4 Å². The van der Waals surface area contributed by atoms with Gasteiger partial charge in [0, 0.05) is 11.3 Å². The minimum absolute atomic E-state index is 0.0105. The fourth-order valence-corrected chi connectivity index (χ4v) is 4.78. The Kier molecular flexibility index (Phi) is 8.29. The average molecular weight is 530 g/mol. The first-order valence-electron chi connectivity index (χ1n) is 13.1. The highest BCUT2D eigenvalue weighted by Crippen LogP contribution is 2.43. The van der Waals surface area contributed by atoms with Crippen LogP contribution >= 0.6 is 0 Å². The van der Waals surface area contributed by atoms with Gasteiger partial charge in [-0.05, 0) is 92.4 Å². The second-order valence-electron chi connectivity index (χ2n) is 9.95. The van der Waals surface area contributed by atoms with Crippen molar-refractivity contribution >= 4 is 23.1 Å². The summed E-state index contributed by atoms with van der Waals surface area (Å²) in [7, 11) is 1.56. The lowest BCUT2D eigenvalue weighted by Crippen LogP contribution is -2.29. The minimum Gasteiger partial charge on any atom is -0.507 e. The SMILES string of the molecule is CCOc1ccc(/C(O)=C2\C(=O)C(=O)N(c3ccc(OC)cc3)C2c2cccc(OC(C)C)c2)cc1C(C)C. The van der Waals surface area contributed by atoms with Gasteiger partial charge in [-0.25, -0.2) is 0 Å². The molecule has 0 aromatic heterocycles. The smallest absolute Gasteiger partial charge is 0.300 e. The van der Waals surface area contributed by atoms with Crippen molar-refractivity contribution in [3.63, 3.8) is 0 Å². The number of carbonyl (C=O) groups excluding carboxylic acids is 2. The highest BCUT2D eigenvalue weighted by atomic mass is 16.5. The Morgan fingerprint density at radius 2 is 1.67 bits per heavy atom. The molecule has 39 heavy (non-hydrogen) atoms. The maximum atomic E-state index is 13.6. The maximum absolute atomic E-state index is 13.6. The number of rotatable bonds is 9. The van der Waals surface area contributed by atoms with Gasteiger partial charge in [0.2, 0.25) is 0 Å². The largest absolute Gasteiger partial charge is 0.507 e. The van der Waals surface area contributed by atoms with Crippen LogP contribution < -0.4 is 19.1 Å². The molecule has 4 rings (SSSR count). The van der Waals surface area contributed by atoms with Crippen LogP contribution in [0, 0.1) is 0 Å². The molecular formula is C32H35NO6. The lowest BCUT2D eigenvalue weighted by Gasteiger charge is -2.26. The summed E-state index contributed by atoms with van der Waals surface area (Å²) in [5.41, 5.74) is 2.49. The molecular weight excluding hydrogens is 494 g/mol. The van der Waals surface area contributed by atoms with Gasteiger partial charge in [0.05, 0.1) is 31.4 Å². The molecule has 1 aliphatic rings. The number of aliphatic hydroxyl groups is 1. The van der Waals surface area contributed by atoms with E-state index in [0.29, 0.717) is 34.9 Å². The van der Waals surface area contributed by atoms with Gasteiger partial charge in [-0.1, -0.05) is 26.0 Å². The number of hydrogen-bond acceptors (Lipinski definition) is 6. The quantitative estimate of drug-likeness (QED) is 0.190. The first kappa shape index (κ1) is 27.8. The Hall–Kier alpha value is -4.26. The molecule has 3 aromatic rings. The predicted octanol–water partition coefficient (Wildman–Crippen LogP) is 6.63. The number of carbonyl (C=O) groups is 2. The molecule has 204 valence electrons. The zero-order chi connectivity index (χ0) is 28.3. The van der Waals surface area contributed by atoms with Crippen LogP contribution in [0.2, 0.25) is 0 Å². The first-order valence-corrected chi connectivity index (χ1v) is 13.1. The highest BCUT2D eigenvalue weighted by Gasteiger charge is 2.47. The molecule has 3 aromatic carbocycles. The Labute approximate surface area is 229 Å². The van der Waals surface area contributed by atoms with Gasteiger partial charge < -0.3 is 19.3 Å². The van der Waals surface area contributed by atoms with E-state index < -0.39 is 17.7 Å². The fraction of sp³-hybridized carbons (Fsp3) is 0.312. The van der Waals surface area contributed by atoms with Crippen LogP contribution in [0.15, 0.2) is 72.3 Å². The zero-order valence-corrected chi connectivity index (χ0v) is 23.2. The second-order valence-corrected chi connectivity index (χ2v) is 9.95. The van der Waals surface area contributed by atoms with Gasteiger partial charge in [0.1, 0.15) is 23.0 Å². The van der Waals surface area contributed by atoms with Crippen LogP contribution in [0.1, 0.15) is 63.3 Å². The molecule has 7 heteroatoms. The number of anilines is 1. The topological polar surface area (TPSA) is 85.3 Å². The van der Waals surface area contributed by atoms with Crippen LogP contribution in [0.5, 0.6) is 17.2 Å². The van der Waals surface area contributed by atoms with Crippen LogP contribution in [0.4, 0.5) is 5.69 Å². The number of amides is 1. The second kappa shape index (κ2) is 11.6. The van der Waals surface area contributed by atoms with E-state index in [1.807, 2.05) is 58.9 Å². The van der Waals surface area contributed by atoms with Gasteiger partial charge in [-0.2, -0.15) is 0 Å². The number of nitrogens with zero attached hydrogens (tertiary/aromatic N) is 1. The van der Waals surface area contributed by atoms with E-state index >= 15 is 0 Å². The van der Waals surface area contributed by atoms with Crippen molar-refractivity contribution in [3.8, 4) is 17.2 Å². The molecule has 1 fully saturated rings. The van der Waals surface area contributed by atoms with Crippen LogP contribution in [0.3, 0.4) is 0 Å². The van der Waals surface area contributed by atoms with Crippen molar-refractivity contribution in [2.24, 2.45) is 0 Å². The van der Waals surface area contributed by atoms with Crippen molar-refractivity contribution in [1.29, 1.82) is 0 Å². The molecule has 1 N–H and O–H groups in total. The normalized spacial score (nSPS) is 16.7. The third-order valence-electron chi connectivity index (χ3n) is 6.55. The molecule has 1 saturated heterocycles. The lowest BCUT2D eigenvalue weighted by atomic mass is 9.93. The van der Waals surface area contributed by atoms with Crippen LogP contribution in [-0.4, -0.2) is 36.6 Å². The number of ether oxygens (including phenoxy) is 3. The van der Waals surface area contributed by atoms with Crippen molar-refractivity contribution in [2.45, 2.75) is 52.7 Å². The van der Waals surface area contributed by atoms with Gasteiger partial charge >= 0.3 is 0 Å². The summed E-state index contributed by atoms with van der Waals surface area (Å²) in [4.78, 5) is 28.5. The lowest BCUT2D eigenvalue weighted by molar-refractivity contribution is -0.132. The third-order valence-corrected chi connectivity index (χ3v) is 6.55. The molecule has 0 radical (unpaired) electrons. The fourth-order valence-electron chi connectivity index (χ4n) is 4.78. The molecule has 1 aliphatic heterocycles. The Morgan fingerprint density at radius 1 is 0.949 bits per heavy atom. The Balaban J connectivity index is 1.92. The Bertz CT molecular complexity index is 1390. The summed E-state index contributed by atoms with van der Waals surface area (Å²) in [6.07, 6.45) is -0.0634. The number of methoxy groups -OCH3 is 1. The summed E-state index contributed by atoms with van der Waals surface area (Å²) in [5.74, 6) is 0.329. The first-order chi connectivity index (χ1) is 18.7. The molecule has 0 bridgehead atoms. The average Bonchev–Trinajstić information content (AvgIpc) is 3.18. The molecule has 1 atom stereocenters. The van der Waals surface area contributed by atoms with Crippen LogP contribution in [-0.2, 0) is 9.59 Å². The number of aliphatic hydroxyl groups excluding tert-OH is 1. The standard InChI is InChI=1S/C32H35NO6/c1-7-38-27-16-11-22(18-26(27)19(2)3)30(34)28-29(21-9-8-10-25(17-21)39-20(4)5)33(32(36)31(28)35)23-12-14-24(37-6)15-13-23/h8-20,29,34H,7H2,1-6H3/b30-28+. The van der Waals surface area contributed by atoms with E-state index in [0.717, 1.165) is 11.3 Å². The van der Waals surface area contributed by atoms with E-state index in [1.54, 1.807) is 49.6 Å². The van der Waals surface area contributed by atoms with Crippen molar-refractivity contribution < 1.29 is 28.9 Å². The number of benzene rings is 3. The molecule has 1 heterocycles. The number of Topliss-reactive ketones (excluding diaryl/α,β-unsaturated/α-hetero) is 1.